The van der Waals surface area contributed by atoms with Gasteiger partial charge >= 0.3 is 0 Å². The lowest BCUT2D eigenvalue weighted by Gasteiger charge is -2.19. The van der Waals surface area contributed by atoms with Crippen molar-refractivity contribution < 1.29 is 0 Å². The molecule has 0 atom stereocenters. The minimum absolute atomic E-state index is 0.0251. The van der Waals surface area contributed by atoms with Crippen molar-refractivity contribution in [3.63, 3.8) is 0 Å². The molecule has 2 N–H and O–H groups in total. The number of hydrogen-bond donors (Lipinski definition) is 1. The number of anilines is 1. The van der Waals surface area contributed by atoms with E-state index in [1.54, 1.807) is 0 Å². The van der Waals surface area contributed by atoms with Gasteiger partial charge < -0.3 is 5.73 Å². The van der Waals surface area contributed by atoms with Gasteiger partial charge in [-0.3, -0.25) is 0 Å². The molecule has 0 spiro atoms. The fraction of sp³-hybridized carbons (Fsp3) is 0.692. The molecule has 0 unspecified atom stereocenters. The maximum Gasteiger partial charge on any atom is 0.136 e. The van der Waals surface area contributed by atoms with Crippen LogP contribution in [0.3, 0.4) is 0 Å². The van der Waals surface area contributed by atoms with Crippen molar-refractivity contribution in [2.75, 3.05) is 5.73 Å². The first-order chi connectivity index (χ1) is 7.47. The highest BCUT2D eigenvalue weighted by Crippen LogP contribution is 2.34. The van der Waals surface area contributed by atoms with E-state index in [0.717, 1.165) is 11.5 Å². The van der Waals surface area contributed by atoms with Crippen LogP contribution in [-0.4, -0.2) is 9.97 Å². The number of hydrogen-bond acceptors (Lipinski definition) is 3. The van der Waals surface area contributed by atoms with E-state index in [9.17, 15) is 0 Å². The standard InChI is InChI=1S/C13H21N3/c1-13(2,3)12-15-10(8-11(14)16-12)9-6-4-5-7-9/h8-9H,4-7H2,1-3H3,(H2,14,15,16). The zero-order chi connectivity index (χ0) is 11.8. The van der Waals surface area contributed by atoms with Gasteiger partial charge in [0.15, 0.2) is 0 Å². The fourth-order valence-electron chi connectivity index (χ4n) is 2.25. The summed E-state index contributed by atoms with van der Waals surface area (Å²) < 4.78 is 0. The summed E-state index contributed by atoms with van der Waals surface area (Å²) in [7, 11) is 0. The van der Waals surface area contributed by atoms with E-state index in [1.165, 1.54) is 25.7 Å². The topological polar surface area (TPSA) is 51.8 Å². The van der Waals surface area contributed by atoms with Gasteiger partial charge in [0.05, 0.1) is 0 Å². The molecule has 1 aliphatic rings. The van der Waals surface area contributed by atoms with Crippen LogP contribution in [0, 0.1) is 0 Å². The summed E-state index contributed by atoms with van der Waals surface area (Å²) in [5, 5.41) is 0. The van der Waals surface area contributed by atoms with Crippen molar-refractivity contribution in [1.29, 1.82) is 0 Å². The third-order valence-electron chi connectivity index (χ3n) is 3.21. The molecule has 1 aromatic heterocycles. The summed E-state index contributed by atoms with van der Waals surface area (Å²) in [6.45, 7) is 6.38. The summed E-state index contributed by atoms with van der Waals surface area (Å²) in [5.74, 6) is 2.09. The normalized spacial score (nSPS) is 17.9. The minimum Gasteiger partial charge on any atom is -0.384 e. The Morgan fingerprint density at radius 2 is 1.81 bits per heavy atom. The largest absolute Gasteiger partial charge is 0.384 e. The van der Waals surface area contributed by atoms with Gasteiger partial charge in [0.1, 0.15) is 11.6 Å². The molecule has 3 heteroatoms. The highest BCUT2D eigenvalue weighted by Gasteiger charge is 2.23. The van der Waals surface area contributed by atoms with Crippen LogP contribution in [0.1, 0.15) is 63.9 Å². The average molecular weight is 219 g/mol. The highest BCUT2D eigenvalue weighted by atomic mass is 15.0. The van der Waals surface area contributed by atoms with Gasteiger partial charge in [-0.25, -0.2) is 9.97 Å². The van der Waals surface area contributed by atoms with Crippen LogP contribution in [0.5, 0.6) is 0 Å². The molecule has 1 aliphatic carbocycles. The third-order valence-corrected chi connectivity index (χ3v) is 3.21. The number of nitrogen functional groups attached to an aromatic ring is 1. The molecule has 0 radical (unpaired) electrons. The molecule has 0 amide bonds. The van der Waals surface area contributed by atoms with E-state index in [-0.39, 0.29) is 5.41 Å². The Hall–Kier alpha value is -1.12. The Bertz CT molecular complexity index is 373. The maximum absolute atomic E-state index is 5.87. The molecular formula is C13H21N3. The van der Waals surface area contributed by atoms with Gasteiger partial charge in [-0.15, -0.1) is 0 Å². The molecule has 0 aromatic carbocycles. The van der Waals surface area contributed by atoms with Gasteiger partial charge in [0.25, 0.3) is 0 Å². The molecule has 1 saturated carbocycles. The first kappa shape index (κ1) is 11.4. The minimum atomic E-state index is -0.0251. The van der Waals surface area contributed by atoms with Crippen molar-refractivity contribution in [2.24, 2.45) is 0 Å². The molecule has 1 fully saturated rings. The van der Waals surface area contributed by atoms with Crippen LogP contribution in [-0.2, 0) is 5.41 Å². The monoisotopic (exact) mass is 219 g/mol. The van der Waals surface area contributed by atoms with Crippen LogP contribution in [0.15, 0.2) is 6.07 Å². The summed E-state index contributed by atoms with van der Waals surface area (Å²) in [6, 6.07) is 1.95. The lowest BCUT2D eigenvalue weighted by atomic mass is 9.94. The average Bonchev–Trinajstić information content (AvgIpc) is 2.68. The van der Waals surface area contributed by atoms with Crippen LogP contribution >= 0.6 is 0 Å². The van der Waals surface area contributed by atoms with E-state index < -0.39 is 0 Å². The zero-order valence-corrected chi connectivity index (χ0v) is 10.5. The predicted molar refractivity (Wildman–Crippen MR) is 66.4 cm³/mol. The molecule has 0 bridgehead atoms. The zero-order valence-electron chi connectivity index (χ0n) is 10.5. The van der Waals surface area contributed by atoms with E-state index in [4.69, 9.17) is 10.7 Å². The molecule has 0 aliphatic heterocycles. The second-order valence-electron chi connectivity index (χ2n) is 5.77. The van der Waals surface area contributed by atoms with Crippen LogP contribution in [0.2, 0.25) is 0 Å². The lowest BCUT2D eigenvalue weighted by molar-refractivity contribution is 0.536. The molecule has 0 saturated heterocycles. The predicted octanol–water partition coefficient (Wildman–Crippen LogP) is 3.01. The van der Waals surface area contributed by atoms with Gasteiger partial charge in [-0.05, 0) is 12.8 Å². The highest BCUT2D eigenvalue weighted by molar-refractivity contribution is 5.33. The van der Waals surface area contributed by atoms with E-state index in [2.05, 4.69) is 25.8 Å². The Morgan fingerprint density at radius 3 is 2.38 bits per heavy atom. The Labute approximate surface area is 97.5 Å². The number of nitrogens with two attached hydrogens (primary N) is 1. The lowest BCUT2D eigenvalue weighted by Crippen LogP contribution is -2.18. The van der Waals surface area contributed by atoms with Gasteiger partial charge in [0, 0.05) is 23.1 Å². The Balaban J connectivity index is 2.35. The summed E-state index contributed by atoms with van der Waals surface area (Å²) in [5.41, 5.74) is 7.00. The van der Waals surface area contributed by atoms with E-state index in [1.807, 2.05) is 6.07 Å². The smallest absolute Gasteiger partial charge is 0.136 e. The summed E-state index contributed by atoms with van der Waals surface area (Å²) in [6.07, 6.45) is 5.14. The third kappa shape index (κ3) is 2.34. The van der Waals surface area contributed by atoms with Crippen molar-refractivity contribution in [3.8, 4) is 0 Å². The van der Waals surface area contributed by atoms with Gasteiger partial charge in [0.2, 0.25) is 0 Å². The first-order valence-electron chi connectivity index (χ1n) is 6.12. The van der Waals surface area contributed by atoms with Crippen LogP contribution in [0.25, 0.3) is 0 Å². The molecule has 1 heterocycles. The summed E-state index contributed by atoms with van der Waals surface area (Å²) in [4.78, 5) is 9.04. The molecule has 16 heavy (non-hydrogen) atoms. The SMILES string of the molecule is CC(C)(C)c1nc(N)cc(C2CCCC2)n1. The van der Waals surface area contributed by atoms with Gasteiger partial charge in [-0.2, -0.15) is 0 Å². The second kappa shape index (κ2) is 4.04. The molecule has 2 rings (SSSR count). The first-order valence-corrected chi connectivity index (χ1v) is 6.12. The molecule has 1 aromatic rings. The van der Waals surface area contributed by atoms with Crippen LogP contribution < -0.4 is 5.73 Å². The Kier molecular flexibility index (Phi) is 2.87. The van der Waals surface area contributed by atoms with Crippen molar-refractivity contribution in [3.05, 3.63) is 17.6 Å². The molecule has 88 valence electrons. The van der Waals surface area contributed by atoms with Gasteiger partial charge in [-0.1, -0.05) is 33.6 Å². The van der Waals surface area contributed by atoms with Crippen molar-refractivity contribution in [2.45, 2.75) is 57.8 Å². The molecule has 3 nitrogen and oxygen atoms in total. The number of nitrogens with zero attached hydrogens (tertiary/aromatic N) is 2. The molecular weight excluding hydrogens is 198 g/mol. The Morgan fingerprint density at radius 1 is 1.19 bits per heavy atom. The van der Waals surface area contributed by atoms with E-state index >= 15 is 0 Å². The van der Waals surface area contributed by atoms with Crippen molar-refractivity contribution >= 4 is 5.82 Å². The van der Waals surface area contributed by atoms with Crippen molar-refractivity contribution in [1.82, 2.24) is 9.97 Å². The van der Waals surface area contributed by atoms with Crippen LogP contribution in [0.4, 0.5) is 5.82 Å². The summed E-state index contributed by atoms with van der Waals surface area (Å²) >= 11 is 0. The quantitative estimate of drug-likeness (QED) is 0.790. The maximum atomic E-state index is 5.87. The number of aromatic nitrogens is 2. The van der Waals surface area contributed by atoms with E-state index in [0.29, 0.717) is 11.7 Å². The number of rotatable bonds is 1. The second-order valence-corrected chi connectivity index (χ2v) is 5.77. The fourth-order valence-corrected chi connectivity index (χ4v) is 2.25.